The molecular formula is C21H21FN2O3S. The molecule has 5 nitrogen and oxygen atoms in total. The van der Waals surface area contributed by atoms with E-state index < -0.39 is 17.9 Å². The largest absolute Gasteiger partial charge is 0.454 e. The predicted octanol–water partition coefficient (Wildman–Crippen LogP) is 4.10. The molecule has 4 rings (SSSR count). The summed E-state index contributed by atoms with van der Waals surface area (Å²) >= 11 is 1.56. The van der Waals surface area contributed by atoms with Crippen molar-refractivity contribution in [2.45, 2.75) is 45.6 Å². The molecular weight excluding hydrogens is 379 g/mol. The summed E-state index contributed by atoms with van der Waals surface area (Å²) in [6.45, 7) is 3.89. The summed E-state index contributed by atoms with van der Waals surface area (Å²) in [7, 11) is 0. The van der Waals surface area contributed by atoms with E-state index in [1.165, 1.54) is 17.0 Å². The van der Waals surface area contributed by atoms with E-state index in [0.717, 1.165) is 24.8 Å². The summed E-state index contributed by atoms with van der Waals surface area (Å²) in [6, 6.07) is 5.84. The third kappa shape index (κ3) is 3.71. The number of fused-ring (bicyclic) bond motifs is 3. The minimum absolute atomic E-state index is 0.0419. The smallest absolute Gasteiger partial charge is 0.310 e. The molecule has 0 amide bonds. The Morgan fingerprint density at radius 3 is 3.07 bits per heavy atom. The molecule has 0 unspecified atom stereocenters. The lowest BCUT2D eigenvalue weighted by Gasteiger charge is -2.17. The molecule has 0 saturated heterocycles. The van der Waals surface area contributed by atoms with Crippen LogP contribution >= 0.6 is 11.3 Å². The lowest BCUT2D eigenvalue weighted by molar-refractivity contribution is -0.148. The average Bonchev–Trinajstić information content (AvgIpc) is 2.99. The van der Waals surface area contributed by atoms with E-state index in [9.17, 15) is 14.0 Å². The van der Waals surface area contributed by atoms with Crippen LogP contribution < -0.4 is 5.56 Å². The highest BCUT2D eigenvalue weighted by molar-refractivity contribution is 7.18. The van der Waals surface area contributed by atoms with Crippen LogP contribution in [0.2, 0.25) is 0 Å². The lowest BCUT2D eigenvalue weighted by Crippen LogP contribution is -2.18. The van der Waals surface area contributed by atoms with Crippen LogP contribution in [-0.2, 0) is 28.8 Å². The molecule has 28 heavy (non-hydrogen) atoms. The summed E-state index contributed by atoms with van der Waals surface area (Å²) in [4.78, 5) is 34.1. The monoisotopic (exact) mass is 400 g/mol. The van der Waals surface area contributed by atoms with Gasteiger partial charge in [0.05, 0.1) is 11.8 Å². The van der Waals surface area contributed by atoms with Crippen LogP contribution in [0.5, 0.6) is 0 Å². The van der Waals surface area contributed by atoms with E-state index in [1.54, 1.807) is 30.4 Å². The van der Waals surface area contributed by atoms with Gasteiger partial charge in [-0.2, -0.15) is 0 Å². The minimum Gasteiger partial charge on any atom is -0.454 e. The second kappa shape index (κ2) is 7.47. The summed E-state index contributed by atoms with van der Waals surface area (Å²) < 4.78 is 18.7. The van der Waals surface area contributed by atoms with Crippen LogP contribution in [0.4, 0.5) is 4.39 Å². The highest BCUT2D eigenvalue weighted by Crippen LogP contribution is 2.35. The number of nitrogens with zero attached hydrogens (tertiary/aromatic N) is 1. The molecule has 0 aliphatic heterocycles. The van der Waals surface area contributed by atoms with Crippen molar-refractivity contribution in [3.63, 3.8) is 0 Å². The normalized spacial score (nSPS) is 17.3. The number of carbonyl (C=O) groups excluding carboxylic acids is 1. The van der Waals surface area contributed by atoms with Crippen molar-refractivity contribution >= 4 is 27.5 Å². The van der Waals surface area contributed by atoms with Crippen molar-refractivity contribution in [2.24, 2.45) is 5.92 Å². The molecule has 0 spiro atoms. The highest BCUT2D eigenvalue weighted by Gasteiger charge is 2.24. The van der Waals surface area contributed by atoms with Crippen LogP contribution in [0.1, 0.15) is 48.2 Å². The van der Waals surface area contributed by atoms with E-state index in [4.69, 9.17) is 4.74 Å². The lowest BCUT2D eigenvalue weighted by atomic mass is 9.89. The number of benzene rings is 1. The Hall–Kier alpha value is -2.54. The second-order valence-electron chi connectivity index (χ2n) is 7.42. The molecule has 0 saturated carbocycles. The fourth-order valence-corrected chi connectivity index (χ4v) is 5.06. The Morgan fingerprint density at radius 2 is 2.29 bits per heavy atom. The van der Waals surface area contributed by atoms with Gasteiger partial charge in [-0.15, -0.1) is 11.3 Å². The zero-order valence-electron chi connectivity index (χ0n) is 15.8. The van der Waals surface area contributed by atoms with Gasteiger partial charge in [-0.25, -0.2) is 9.37 Å². The van der Waals surface area contributed by atoms with Gasteiger partial charge in [0.25, 0.3) is 5.56 Å². The maximum atomic E-state index is 13.3. The molecule has 1 aliphatic carbocycles. The van der Waals surface area contributed by atoms with Gasteiger partial charge in [0.2, 0.25) is 0 Å². The van der Waals surface area contributed by atoms with Gasteiger partial charge in [0.1, 0.15) is 10.6 Å². The van der Waals surface area contributed by atoms with Crippen molar-refractivity contribution in [3.05, 3.63) is 62.3 Å². The van der Waals surface area contributed by atoms with Crippen molar-refractivity contribution in [2.75, 3.05) is 0 Å². The van der Waals surface area contributed by atoms with Gasteiger partial charge in [-0.3, -0.25) is 9.59 Å². The highest BCUT2D eigenvalue weighted by atomic mass is 32.1. The fourth-order valence-electron chi connectivity index (χ4n) is 3.67. The predicted molar refractivity (Wildman–Crippen MR) is 106 cm³/mol. The topological polar surface area (TPSA) is 72.0 Å². The number of nitrogens with one attached hydrogen (secondary N) is 1. The zero-order chi connectivity index (χ0) is 19.8. The Labute approximate surface area is 165 Å². The summed E-state index contributed by atoms with van der Waals surface area (Å²) in [6.07, 6.45) is 2.21. The van der Waals surface area contributed by atoms with Gasteiger partial charge in [0, 0.05) is 4.88 Å². The first-order valence-corrected chi connectivity index (χ1v) is 10.2. The Balaban J connectivity index is 1.55. The first kappa shape index (κ1) is 18.8. The Kier molecular flexibility index (Phi) is 5.02. The number of carbonyl (C=O) groups is 1. The molecule has 7 heteroatoms. The van der Waals surface area contributed by atoms with Gasteiger partial charge >= 0.3 is 5.97 Å². The number of aromatic nitrogens is 2. The zero-order valence-corrected chi connectivity index (χ0v) is 16.6. The quantitative estimate of drug-likeness (QED) is 0.670. The molecule has 0 bridgehead atoms. The molecule has 2 heterocycles. The first-order chi connectivity index (χ1) is 13.4. The number of hydrogen-bond acceptors (Lipinski definition) is 5. The van der Waals surface area contributed by atoms with Crippen LogP contribution in [0, 0.1) is 11.7 Å². The van der Waals surface area contributed by atoms with Crippen molar-refractivity contribution in [1.29, 1.82) is 0 Å². The third-order valence-corrected chi connectivity index (χ3v) is 6.26. The molecule has 0 radical (unpaired) electrons. The first-order valence-electron chi connectivity index (χ1n) is 9.39. The number of H-pyrrole nitrogens is 1. The minimum atomic E-state index is -0.698. The van der Waals surface area contributed by atoms with E-state index in [0.29, 0.717) is 27.5 Å². The maximum absolute atomic E-state index is 13.3. The fraction of sp³-hybridized carbons (Fsp3) is 0.381. The molecule has 1 N–H and O–H groups in total. The second-order valence-corrected chi connectivity index (χ2v) is 8.51. The number of hydrogen-bond donors (Lipinski definition) is 1. The van der Waals surface area contributed by atoms with E-state index in [2.05, 4.69) is 16.9 Å². The Morgan fingerprint density at radius 1 is 1.46 bits per heavy atom. The average molecular weight is 400 g/mol. The molecule has 2 atom stereocenters. The molecule has 2 aromatic heterocycles. The van der Waals surface area contributed by atoms with Crippen LogP contribution in [0.25, 0.3) is 10.2 Å². The summed E-state index contributed by atoms with van der Waals surface area (Å²) in [5.74, 6) is 0.0458. The third-order valence-electron chi connectivity index (χ3n) is 5.11. The molecule has 1 aliphatic rings. The number of halogens is 1. The molecule has 3 aromatic rings. The summed E-state index contributed by atoms with van der Waals surface area (Å²) in [5, 5.41) is 0.675. The van der Waals surface area contributed by atoms with Crippen LogP contribution in [-0.4, -0.2) is 15.9 Å². The van der Waals surface area contributed by atoms with E-state index in [-0.39, 0.29) is 12.0 Å². The van der Waals surface area contributed by atoms with Crippen LogP contribution in [0.3, 0.4) is 0 Å². The van der Waals surface area contributed by atoms with Crippen molar-refractivity contribution in [3.8, 4) is 0 Å². The number of ether oxygens (including phenoxy) is 1. The van der Waals surface area contributed by atoms with Crippen LogP contribution in [0.15, 0.2) is 29.1 Å². The number of rotatable bonds is 4. The number of thiophene rings is 1. The number of esters is 1. The molecule has 0 fully saturated rings. The van der Waals surface area contributed by atoms with Gasteiger partial charge in [-0.1, -0.05) is 19.1 Å². The number of aromatic amines is 1. The van der Waals surface area contributed by atoms with Gasteiger partial charge < -0.3 is 9.72 Å². The van der Waals surface area contributed by atoms with E-state index >= 15 is 0 Å². The van der Waals surface area contributed by atoms with Gasteiger partial charge in [-0.05, 0) is 55.4 Å². The Bertz CT molecular complexity index is 1100. The molecule has 146 valence electrons. The standard InChI is InChI=1S/C21H21FN2O3S/c1-11-6-7-15-16(8-11)28-21-18(15)20(26)23-19(24-21)12(2)27-17(25)10-13-4-3-5-14(22)9-13/h3-5,9,11-12H,6-8,10H2,1-2H3,(H,23,24,26)/t11-,12-/m1/s1. The summed E-state index contributed by atoms with van der Waals surface area (Å²) in [5.41, 5.74) is 1.48. The van der Waals surface area contributed by atoms with Crippen molar-refractivity contribution < 1.29 is 13.9 Å². The molecule has 1 aromatic carbocycles. The SMILES string of the molecule is C[C@@H]1CCc2c(sc3nc([C@@H](C)OC(=O)Cc4cccc(F)c4)[nH]c(=O)c23)C1. The maximum Gasteiger partial charge on any atom is 0.310 e. The number of aryl methyl sites for hydroxylation is 1. The van der Waals surface area contributed by atoms with Gasteiger partial charge in [0.15, 0.2) is 11.9 Å². The van der Waals surface area contributed by atoms with E-state index in [1.807, 2.05) is 0 Å². The van der Waals surface area contributed by atoms with Crippen molar-refractivity contribution in [1.82, 2.24) is 9.97 Å².